The van der Waals surface area contributed by atoms with E-state index in [0.717, 1.165) is 42.8 Å². The maximum atomic E-state index is 5.69. The van der Waals surface area contributed by atoms with Gasteiger partial charge in [0.25, 0.3) is 0 Å². The molecule has 1 aliphatic rings. The Bertz CT molecular complexity index is 376. The van der Waals surface area contributed by atoms with Gasteiger partial charge in [0.2, 0.25) is 0 Å². The van der Waals surface area contributed by atoms with Crippen molar-refractivity contribution in [2.45, 2.75) is 12.8 Å². The summed E-state index contributed by atoms with van der Waals surface area (Å²) in [5.41, 5.74) is 1.46. The van der Waals surface area contributed by atoms with Crippen LogP contribution >= 0.6 is 15.9 Å². The number of hydrogen-bond donors (Lipinski definition) is 1. The second kappa shape index (κ2) is 6.06. The van der Waals surface area contributed by atoms with Gasteiger partial charge in [-0.3, -0.25) is 0 Å². The largest absolute Gasteiger partial charge is 0.493 e. The van der Waals surface area contributed by atoms with E-state index in [0.29, 0.717) is 0 Å². The van der Waals surface area contributed by atoms with E-state index >= 15 is 0 Å². The Morgan fingerprint density at radius 1 is 1.38 bits per heavy atom. The van der Waals surface area contributed by atoms with Crippen LogP contribution in [-0.4, -0.2) is 19.7 Å². The van der Waals surface area contributed by atoms with E-state index in [1.807, 2.05) is 24.3 Å². The average Bonchev–Trinajstić information content (AvgIpc) is 2.30. The van der Waals surface area contributed by atoms with Crippen LogP contribution in [-0.2, 0) is 0 Å². The summed E-state index contributed by atoms with van der Waals surface area (Å²) >= 11 is 3.43. The second-order valence-electron chi connectivity index (χ2n) is 3.88. The summed E-state index contributed by atoms with van der Waals surface area (Å²) in [4.78, 5) is 0. The first-order chi connectivity index (χ1) is 7.84. The lowest BCUT2D eigenvalue weighted by molar-refractivity contribution is 0.319. The molecule has 0 unspecified atom stereocenters. The lowest BCUT2D eigenvalue weighted by atomic mass is 10.1. The molecule has 0 saturated carbocycles. The molecule has 1 aliphatic heterocycles. The van der Waals surface area contributed by atoms with Gasteiger partial charge in [-0.1, -0.05) is 33.6 Å². The van der Waals surface area contributed by atoms with Gasteiger partial charge < -0.3 is 10.1 Å². The van der Waals surface area contributed by atoms with Gasteiger partial charge in [0.15, 0.2) is 0 Å². The molecule has 2 nitrogen and oxygen atoms in total. The number of benzene rings is 1. The maximum Gasteiger partial charge on any atom is 0.120 e. The highest BCUT2D eigenvalue weighted by molar-refractivity contribution is 9.10. The maximum absolute atomic E-state index is 5.69. The van der Waals surface area contributed by atoms with Crippen molar-refractivity contribution in [3.05, 3.63) is 40.4 Å². The number of hydrogen-bond acceptors (Lipinski definition) is 2. The smallest absolute Gasteiger partial charge is 0.120 e. The molecule has 1 aromatic rings. The van der Waals surface area contributed by atoms with Crippen molar-refractivity contribution in [1.29, 1.82) is 0 Å². The average molecular weight is 282 g/mol. The van der Waals surface area contributed by atoms with Crippen LogP contribution in [0.1, 0.15) is 12.8 Å². The van der Waals surface area contributed by atoms with Crippen LogP contribution in [0.4, 0.5) is 0 Å². The Labute approximate surface area is 105 Å². The van der Waals surface area contributed by atoms with Crippen LogP contribution in [0.25, 0.3) is 0 Å². The van der Waals surface area contributed by atoms with Crippen molar-refractivity contribution in [3.8, 4) is 5.75 Å². The van der Waals surface area contributed by atoms with Crippen LogP contribution in [0.15, 0.2) is 40.4 Å². The van der Waals surface area contributed by atoms with Crippen molar-refractivity contribution in [1.82, 2.24) is 5.32 Å². The molecule has 1 N–H and O–H groups in total. The molecule has 0 fully saturated rings. The first kappa shape index (κ1) is 11.7. The molecule has 0 radical (unpaired) electrons. The monoisotopic (exact) mass is 281 g/mol. The predicted octanol–water partition coefficient (Wildman–Crippen LogP) is 3.14. The molecule has 0 amide bonds. The molecular weight excluding hydrogens is 266 g/mol. The number of rotatable bonds is 4. The van der Waals surface area contributed by atoms with E-state index < -0.39 is 0 Å². The fourth-order valence-corrected chi connectivity index (χ4v) is 2.12. The van der Waals surface area contributed by atoms with Crippen LogP contribution in [0, 0.1) is 0 Å². The zero-order valence-corrected chi connectivity index (χ0v) is 10.8. The fraction of sp³-hybridized carbons (Fsp3) is 0.385. The van der Waals surface area contributed by atoms with E-state index in [1.54, 1.807) is 0 Å². The Kier molecular flexibility index (Phi) is 4.43. The van der Waals surface area contributed by atoms with Gasteiger partial charge in [-0.15, -0.1) is 0 Å². The van der Waals surface area contributed by atoms with Gasteiger partial charge in [0.1, 0.15) is 5.75 Å². The Hall–Kier alpha value is -0.800. The lowest BCUT2D eigenvalue weighted by Gasteiger charge is -2.14. The molecule has 1 aromatic carbocycles. The van der Waals surface area contributed by atoms with E-state index in [2.05, 4.69) is 27.3 Å². The summed E-state index contributed by atoms with van der Waals surface area (Å²) in [6.45, 7) is 2.88. The van der Waals surface area contributed by atoms with Crippen molar-refractivity contribution < 1.29 is 4.74 Å². The summed E-state index contributed by atoms with van der Waals surface area (Å²) in [6.07, 6.45) is 4.48. The minimum absolute atomic E-state index is 0.754. The Balaban J connectivity index is 1.77. The third kappa shape index (κ3) is 3.65. The third-order valence-corrected chi connectivity index (χ3v) is 3.09. The van der Waals surface area contributed by atoms with Crippen LogP contribution in [0.3, 0.4) is 0 Å². The van der Waals surface area contributed by atoms with E-state index in [9.17, 15) is 0 Å². The summed E-state index contributed by atoms with van der Waals surface area (Å²) in [7, 11) is 0. The Morgan fingerprint density at radius 2 is 2.31 bits per heavy atom. The Morgan fingerprint density at radius 3 is 3.06 bits per heavy atom. The van der Waals surface area contributed by atoms with Crippen molar-refractivity contribution in [2.75, 3.05) is 19.7 Å². The first-order valence-electron chi connectivity index (χ1n) is 5.61. The molecule has 0 aromatic heterocycles. The minimum atomic E-state index is 0.754. The first-order valence-corrected chi connectivity index (χ1v) is 6.41. The van der Waals surface area contributed by atoms with Gasteiger partial charge in [-0.2, -0.15) is 0 Å². The standard InChI is InChI=1S/C13H16BrNO/c14-12-4-1-5-13(9-12)16-8-6-11-3-2-7-15-10-11/h1,3-5,9,15H,2,6-8,10H2. The minimum Gasteiger partial charge on any atom is -0.493 e. The molecule has 2 rings (SSSR count). The molecule has 0 spiro atoms. The van der Waals surface area contributed by atoms with Crippen LogP contribution in [0.2, 0.25) is 0 Å². The van der Waals surface area contributed by atoms with E-state index in [1.165, 1.54) is 5.57 Å². The molecule has 0 saturated heterocycles. The number of halogens is 1. The highest BCUT2D eigenvalue weighted by Gasteiger charge is 2.02. The summed E-state index contributed by atoms with van der Waals surface area (Å²) in [5.74, 6) is 0.929. The highest BCUT2D eigenvalue weighted by atomic mass is 79.9. The molecule has 3 heteroatoms. The fourth-order valence-electron chi connectivity index (χ4n) is 1.75. The number of ether oxygens (including phenoxy) is 1. The van der Waals surface area contributed by atoms with Crippen molar-refractivity contribution in [3.63, 3.8) is 0 Å². The normalized spacial score (nSPS) is 15.7. The van der Waals surface area contributed by atoms with E-state index in [-0.39, 0.29) is 0 Å². The third-order valence-electron chi connectivity index (χ3n) is 2.59. The summed E-state index contributed by atoms with van der Waals surface area (Å²) < 4.78 is 6.75. The van der Waals surface area contributed by atoms with Crippen molar-refractivity contribution >= 4 is 15.9 Å². The van der Waals surface area contributed by atoms with Crippen LogP contribution in [0.5, 0.6) is 5.75 Å². The predicted molar refractivity (Wildman–Crippen MR) is 69.8 cm³/mol. The summed E-state index contributed by atoms with van der Waals surface area (Å²) in [5, 5.41) is 3.36. The molecule has 0 bridgehead atoms. The SMILES string of the molecule is Brc1cccc(OCCC2=CCCNC2)c1. The second-order valence-corrected chi connectivity index (χ2v) is 4.80. The van der Waals surface area contributed by atoms with Crippen LogP contribution < -0.4 is 10.1 Å². The topological polar surface area (TPSA) is 21.3 Å². The summed E-state index contributed by atoms with van der Waals surface area (Å²) in [6, 6.07) is 7.97. The molecule has 0 atom stereocenters. The molecule has 0 aliphatic carbocycles. The van der Waals surface area contributed by atoms with Gasteiger partial charge in [0, 0.05) is 17.4 Å². The highest BCUT2D eigenvalue weighted by Crippen LogP contribution is 2.18. The zero-order valence-electron chi connectivity index (χ0n) is 9.21. The number of nitrogens with one attached hydrogen (secondary N) is 1. The molecule has 16 heavy (non-hydrogen) atoms. The molecule has 86 valence electrons. The lowest BCUT2D eigenvalue weighted by Crippen LogP contribution is -2.23. The molecular formula is C13H16BrNO. The van der Waals surface area contributed by atoms with Gasteiger partial charge in [-0.05, 0) is 31.2 Å². The van der Waals surface area contributed by atoms with Crippen molar-refractivity contribution in [2.24, 2.45) is 0 Å². The molecule has 1 heterocycles. The van der Waals surface area contributed by atoms with E-state index in [4.69, 9.17) is 4.74 Å². The van der Waals surface area contributed by atoms with Gasteiger partial charge in [0.05, 0.1) is 6.61 Å². The van der Waals surface area contributed by atoms with Gasteiger partial charge >= 0.3 is 0 Å². The van der Waals surface area contributed by atoms with Gasteiger partial charge in [-0.25, -0.2) is 0 Å². The quantitative estimate of drug-likeness (QED) is 0.857. The zero-order chi connectivity index (χ0) is 11.2.